The molecule has 1 radical (unpaired) electrons. The first-order valence-electron chi connectivity index (χ1n) is 2.77. The fourth-order valence-electron chi connectivity index (χ4n) is 0.410. The van der Waals surface area contributed by atoms with Crippen molar-refractivity contribution in [3.63, 3.8) is 0 Å². The summed E-state index contributed by atoms with van der Waals surface area (Å²) in [6.07, 6.45) is -0.122. The summed E-state index contributed by atoms with van der Waals surface area (Å²) in [4.78, 5) is 20.0. The van der Waals surface area contributed by atoms with Gasteiger partial charge in [0.2, 0.25) is 0 Å². The van der Waals surface area contributed by atoms with Gasteiger partial charge in [-0.3, -0.25) is 15.3 Å². The molecular weight excluding hydrogens is 136 g/mol. The third-order valence-electron chi connectivity index (χ3n) is 1.01. The van der Waals surface area contributed by atoms with Crippen molar-refractivity contribution in [3.8, 4) is 0 Å². The number of rotatable bonds is 4. The zero-order chi connectivity index (χ0) is 8.15. The number of hydrogen-bond acceptors (Lipinski definition) is 3. The fourth-order valence-corrected chi connectivity index (χ4v) is 0.410. The van der Waals surface area contributed by atoms with Crippen LogP contribution in [0.2, 0.25) is 0 Å². The van der Waals surface area contributed by atoms with Crippen LogP contribution in [0.25, 0.3) is 0 Å². The Kier molecular flexibility index (Phi) is 3.42. The second-order valence-corrected chi connectivity index (χ2v) is 1.90. The van der Waals surface area contributed by atoms with Crippen LogP contribution in [0.15, 0.2) is 0 Å². The van der Waals surface area contributed by atoms with Gasteiger partial charge in [-0.05, 0) is 6.42 Å². The third-order valence-corrected chi connectivity index (χ3v) is 1.01. The predicted molar refractivity (Wildman–Crippen MR) is 32.9 cm³/mol. The zero-order valence-corrected chi connectivity index (χ0v) is 5.33. The molecule has 0 aromatic rings. The molecule has 4 N–H and O–H groups in total. The molecular formula is C5H9N2O3. The lowest BCUT2D eigenvalue weighted by atomic mass is 10.1. The molecule has 0 bridgehead atoms. The molecule has 0 aliphatic rings. The summed E-state index contributed by atoms with van der Waals surface area (Å²) in [6.45, 7) is 0. The summed E-state index contributed by atoms with van der Waals surface area (Å²) < 4.78 is 0. The van der Waals surface area contributed by atoms with Gasteiger partial charge in [0, 0.05) is 6.42 Å². The molecule has 0 saturated carbocycles. The topological polar surface area (TPSA) is 104 Å². The van der Waals surface area contributed by atoms with Crippen molar-refractivity contribution in [1.82, 2.24) is 5.73 Å². The molecule has 1 amide bonds. The summed E-state index contributed by atoms with van der Waals surface area (Å²) >= 11 is 0. The SMILES string of the molecule is [NH]C(=O)C(N)CCC(=O)O. The molecule has 0 spiro atoms. The van der Waals surface area contributed by atoms with E-state index < -0.39 is 17.9 Å². The molecule has 0 aliphatic carbocycles. The Morgan fingerprint density at radius 3 is 2.40 bits per heavy atom. The van der Waals surface area contributed by atoms with Gasteiger partial charge in [-0.1, -0.05) is 0 Å². The molecule has 0 heterocycles. The average molecular weight is 145 g/mol. The summed E-state index contributed by atoms with van der Waals surface area (Å²) in [5.41, 5.74) is 11.5. The average Bonchev–Trinajstić information content (AvgIpc) is 1.82. The molecule has 5 heteroatoms. The maximum absolute atomic E-state index is 10.1. The van der Waals surface area contributed by atoms with E-state index in [2.05, 4.69) is 0 Å². The molecule has 0 rings (SSSR count). The van der Waals surface area contributed by atoms with Crippen LogP contribution in [0.4, 0.5) is 0 Å². The van der Waals surface area contributed by atoms with Gasteiger partial charge in [0.15, 0.2) is 0 Å². The van der Waals surface area contributed by atoms with E-state index in [-0.39, 0.29) is 12.8 Å². The van der Waals surface area contributed by atoms with Crippen LogP contribution in [-0.4, -0.2) is 23.0 Å². The second-order valence-electron chi connectivity index (χ2n) is 1.90. The molecule has 57 valence electrons. The monoisotopic (exact) mass is 145 g/mol. The highest BCUT2D eigenvalue weighted by Gasteiger charge is 2.10. The van der Waals surface area contributed by atoms with E-state index in [1.54, 1.807) is 0 Å². The lowest BCUT2D eigenvalue weighted by Crippen LogP contribution is -2.31. The summed E-state index contributed by atoms with van der Waals surface area (Å²) in [6, 6.07) is -0.948. The lowest BCUT2D eigenvalue weighted by Gasteiger charge is -2.01. The van der Waals surface area contributed by atoms with Crippen LogP contribution in [-0.2, 0) is 9.59 Å². The van der Waals surface area contributed by atoms with E-state index in [1.165, 1.54) is 0 Å². The number of carboxylic acid groups (broad SMARTS) is 1. The largest absolute Gasteiger partial charge is 0.481 e. The van der Waals surface area contributed by atoms with Gasteiger partial charge < -0.3 is 10.8 Å². The van der Waals surface area contributed by atoms with E-state index in [0.29, 0.717) is 0 Å². The number of nitrogens with two attached hydrogens (primary N) is 1. The standard InChI is InChI=1S/C5H9N2O3/c6-3(5(7)10)1-2-4(8)9/h3,7H,1-2,6H2,(H,8,9). The van der Waals surface area contributed by atoms with E-state index in [9.17, 15) is 9.59 Å². The summed E-state index contributed by atoms with van der Waals surface area (Å²) in [5, 5.41) is 8.12. The van der Waals surface area contributed by atoms with Gasteiger partial charge in [0.1, 0.15) is 0 Å². The highest BCUT2D eigenvalue weighted by Crippen LogP contribution is 1.93. The Labute approximate surface area is 58.0 Å². The van der Waals surface area contributed by atoms with Crippen LogP contribution in [0.1, 0.15) is 12.8 Å². The zero-order valence-electron chi connectivity index (χ0n) is 5.33. The number of carbonyl (C=O) groups excluding carboxylic acids is 1. The van der Waals surface area contributed by atoms with Crippen molar-refractivity contribution in [2.24, 2.45) is 5.73 Å². The van der Waals surface area contributed by atoms with E-state index in [1.807, 2.05) is 0 Å². The first kappa shape index (κ1) is 8.90. The quantitative estimate of drug-likeness (QED) is 0.528. The van der Waals surface area contributed by atoms with Crippen LogP contribution in [0.5, 0.6) is 0 Å². The van der Waals surface area contributed by atoms with E-state index >= 15 is 0 Å². The van der Waals surface area contributed by atoms with Crippen molar-refractivity contribution >= 4 is 11.9 Å². The smallest absolute Gasteiger partial charge is 0.303 e. The second kappa shape index (κ2) is 3.84. The van der Waals surface area contributed by atoms with E-state index in [0.717, 1.165) is 0 Å². The number of carbonyl (C=O) groups is 2. The summed E-state index contributed by atoms with van der Waals surface area (Å²) in [5.74, 6) is -1.92. The Hall–Kier alpha value is -1.10. The maximum atomic E-state index is 10.1. The van der Waals surface area contributed by atoms with Crippen LogP contribution >= 0.6 is 0 Å². The van der Waals surface area contributed by atoms with Gasteiger partial charge in [-0.25, -0.2) is 0 Å². The van der Waals surface area contributed by atoms with Crippen LogP contribution < -0.4 is 11.5 Å². The number of carboxylic acids is 1. The Balaban J connectivity index is 3.49. The molecule has 0 aromatic heterocycles. The maximum Gasteiger partial charge on any atom is 0.303 e. The normalized spacial score (nSPS) is 12.5. The molecule has 10 heavy (non-hydrogen) atoms. The highest BCUT2D eigenvalue weighted by molar-refractivity contribution is 5.79. The minimum Gasteiger partial charge on any atom is -0.481 e. The van der Waals surface area contributed by atoms with Crippen molar-refractivity contribution < 1.29 is 14.7 Å². The van der Waals surface area contributed by atoms with Crippen molar-refractivity contribution in [3.05, 3.63) is 0 Å². The van der Waals surface area contributed by atoms with Crippen LogP contribution in [0.3, 0.4) is 0 Å². The van der Waals surface area contributed by atoms with Gasteiger partial charge in [-0.15, -0.1) is 0 Å². The first-order chi connectivity index (χ1) is 4.54. The number of hydrogen-bond donors (Lipinski definition) is 2. The Morgan fingerprint density at radius 1 is 1.60 bits per heavy atom. The van der Waals surface area contributed by atoms with Crippen molar-refractivity contribution in [2.75, 3.05) is 0 Å². The van der Waals surface area contributed by atoms with Gasteiger partial charge in [0.25, 0.3) is 5.91 Å². The molecule has 0 fully saturated rings. The van der Waals surface area contributed by atoms with Gasteiger partial charge in [-0.2, -0.15) is 0 Å². The van der Waals surface area contributed by atoms with Crippen molar-refractivity contribution in [1.29, 1.82) is 0 Å². The molecule has 5 nitrogen and oxygen atoms in total. The molecule has 1 unspecified atom stereocenters. The minimum absolute atomic E-state index is 0.0394. The highest BCUT2D eigenvalue weighted by atomic mass is 16.4. The fraction of sp³-hybridized carbons (Fsp3) is 0.600. The number of amides is 1. The molecule has 0 saturated heterocycles. The van der Waals surface area contributed by atoms with Gasteiger partial charge in [0.05, 0.1) is 6.04 Å². The van der Waals surface area contributed by atoms with Crippen molar-refractivity contribution in [2.45, 2.75) is 18.9 Å². The summed E-state index contributed by atoms with van der Waals surface area (Å²) in [7, 11) is 0. The predicted octanol–water partition coefficient (Wildman–Crippen LogP) is -1.01. The Bertz CT molecular complexity index is 146. The first-order valence-corrected chi connectivity index (χ1v) is 2.77. The van der Waals surface area contributed by atoms with E-state index in [4.69, 9.17) is 16.6 Å². The lowest BCUT2D eigenvalue weighted by molar-refractivity contribution is -0.137. The number of aliphatic carboxylic acids is 1. The Morgan fingerprint density at radius 2 is 2.10 bits per heavy atom. The number of nitrogens with one attached hydrogen (secondary N) is 1. The van der Waals surface area contributed by atoms with Gasteiger partial charge >= 0.3 is 5.97 Å². The third kappa shape index (κ3) is 3.85. The molecule has 1 atom stereocenters. The minimum atomic E-state index is -1.00. The van der Waals surface area contributed by atoms with Crippen LogP contribution in [0, 0.1) is 0 Å². The molecule has 0 aromatic carbocycles. The molecule has 0 aliphatic heterocycles.